The SMILES string of the molecule is O=C(CCN1C(=O)[C@H]2CCCC[C@H]2C1=O)Nc1ccc2c(c1)OC(F)(F)O2. The number of carbonyl (C=O) groups excluding carboxylic acids is 3. The van der Waals surface area contributed by atoms with Crippen molar-refractivity contribution in [3.8, 4) is 11.5 Å². The summed E-state index contributed by atoms with van der Waals surface area (Å²) in [6.45, 7) is 0.0130. The first-order chi connectivity index (χ1) is 12.8. The molecule has 1 saturated carbocycles. The smallest absolute Gasteiger partial charge is 0.395 e. The maximum Gasteiger partial charge on any atom is 0.586 e. The zero-order valence-electron chi connectivity index (χ0n) is 14.4. The Hall–Kier alpha value is -2.71. The van der Waals surface area contributed by atoms with Gasteiger partial charge in [0.15, 0.2) is 11.5 Å². The maximum absolute atomic E-state index is 13.0. The van der Waals surface area contributed by atoms with Gasteiger partial charge in [0.25, 0.3) is 0 Å². The normalized spacial score (nSPS) is 25.5. The van der Waals surface area contributed by atoms with Crippen molar-refractivity contribution in [3.63, 3.8) is 0 Å². The second-order valence-electron chi connectivity index (χ2n) is 6.95. The molecule has 0 unspecified atom stereocenters. The van der Waals surface area contributed by atoms with Crippen molar-refractivity contribution in [1.29, 1.82) is 0 Å². The molecular weight excluding hydrogens is 362 g/mol. The average molecular weight is 380 g/mol. The second-order valence-corrected chi connectivity index (χ2v) is 6.95. The van der Waals surface area contributed by atoms with Gasteiger partial charge in [0, 0.05) is 24.7 Å². The number of likely N-dealkylation sites (tertiary alicyclic amines) is 1. The van der Waals surface area contributed by atoms with Crippen LogP contribution >= 0.6 is 0 Å². The van der Waals surface area contributed by atoms with Gasteiger partial charge in [-0.1, -0.05) is 12.8 Å². The Morgan fingerprint density at radius 1 is 1.11 bits per heavy atom. The number of nitrogens with one attached hydrogen (secondary N) is 1. The van der Waals surface area contributed by atoms with Crippen LogP contribution in [-0.4, -0.2) is 35.5 Å². The van der Waals surface area contributed by atoms with Gasteiger partial charge < -0.3 is 14.8 Å². The van der Waals surface area contributed by atoms with Crippen LogP contribution in [-0.2, 0) is 14.4 Å². The van der Waals surface area contributed by atoms with E-state index in [1.165, 1.54) is 23.1 Å². The summed E-state index contributed by atoms with van der Waals surface area (Å²) in [5.41, 5.74) is 0.257. The summed E-state index contributed by atoms with van der Waals surface area (Å²) in [7, 11) is 0. The number of amides is 3. The molecule has 1 aromatic rings. The molecule has 2 aliphatic heterocycles. The molecule has 1 aliphatic carbocycles. The summed E-state index contributed by atoms with van der Waals surface area (Å²) in [5, 5.41) is 2.55. The standard InChI is InChI=1S/C18H18F2N2O5/c19-18(20)26-13-6-5-10(9-14(13)27-18)21-15(23)7-8-22-16(24)11-3-1-2-4-12(11)17(22)25/h5-6,9,11-12H,1-4,7-8H2,(H,21,23)/t11-,12+. The number of rotatable bonds is 4. The highest BCUT2D eigenvalue weighted by atomic mass is 19.3. The Morgan fingerprint density at radius 2 is 1.74 bits per heavy atom. The lowest BCUT2D eigenvalue weighted by Crippen LogP contribution is -2.34. The number of ether oxygens (including phenoxy) is 2. The van der Waals surface area contributed by atoms with Crippen molar-refractivity contribution in [1.82, 2.24) is 4.90 Å². The van der Waals surface area contributed by atoms with E-state index in [9.17, 15) is 23.2 Å². The summed E-state index contributed by atoms with van der Waals surface area (Å²) in [5.74, 6) is -1.60. The molecule has 3 aliphatic rings. The number of imide groups is 1. The van der Waals surface area contributed by atoms with Crippen LogP contribution in [0.5, 0.6) is 11.5 Å². The molecular formula is C18H18F2N2O5. The number of hydrogen-bond donors (Lipinski definition) is 1. The van der Waals surface area contributed by atoms with Crippen LogP contribution in [0.15, 0.2) is 18.2 Å². The molecule has 9 heteroatoms. The van der Waals surface area contributed by atoms with Crippen LogP contribution in [0.3, 0.4) is 0 Å². The van der Waals surface area contributed by atoms with Crippen LogP contribution in [0.4, 0.5) is 14.5 Å². The lowest BCUT2D eigenvalue weighted by molar-refractivity contribution is -0.286. The second kappa shape index (κ2) is 6.47. The molecule has 0 bridgehead atoms. The van der Waals surface area contributed by atoms with E-state index in [1.54, 1.807) is 0 Å². The average Bonchev–Trinajstić information content (AvgIpc) is 3.06. The third kappa shape index (κ3) is 3.33. The number of alkyl halides is 2. The van der Waals surface area contributed by atoms with Gasteiger partial charge in [0.2, 0.25) is 17.7 Å². The molecule has 0 radical (unpaired) electrons. The Morgan fingerprint density at radius 3 is 2.41 bits per heavy atom. The molecule has 2 heterocycles. The van der Waals surface area contributed by atoms with E-state index in [0.717, 1.165) is 25.7 Å². The molecule has 7 nitrogen and oxygen atoms in total. The topological polar surface area (TPSA) is 84.9 Å². The van der Waals surface area contributed by atoms with Crippen LogP contribution < -0.4 is 14.8 Å². The van der Waals surface area contributed by atoms with E-state index in [1.807, 2.05) is 0 Å². The molecule has 0 aromatic heterocycles. The van der Waals surface area contributed by atoms with Gasteiger partial charge in [-0.2, -0.15) is 0 Å². The summed E-state index contributed by atoms with van der Waals surface area (Å²) < 4.78 is 34.7. The Kier molecular flexibility index (Phi) is 4.24. The van der Waals surface area contributed by atoms with E-state index >= 15 is 0 Å². The summed E-state index contributed by atoms with van der Waals surface area (Å²) >= 11 is 0. The van der Waals surface area contributed by atoms with Gasteiger partial charge in [-0.3, -0.25) is 19.3 Å². The van der Waals surface area contributed by atoms with Crippen LogP contribution in [0.1, 0.15) is 32.1 Å². The molecule has 27 heavy (non-hydrogen) atoms. The first-order valence-corrected chi connectivity index (χ1v) is 8.89. The fourth-order valence-electron chi connectivity index (χ4n) is 3.91. The lowest BCUT2D eigenvalue weighted by Gasteiger charge is -2.19. The number of hydrogen-bond acceptors (Lipinski definition) is 5. The van der Waals surface area contributed by atoms with Gasteiger partial charge in [0.05, 0.1) is 11.8 Å². The molecule has 0 spiro atoms. The fraction of sp³-hybridized carbons (Fsp3) is 0.500. The minimum atomic E-state index is -3.72. The number of benzene rings is 1. The van der Waals surface area contributed by atoms with Crippen molar-refractivity contribution in [3.05, 3.63) is 18.2 Å². The van der Waals surface area contributed by atoms with Gasteiger partial charge in [-0.05, 0) is 25.0 Å². The highest BCUT2D eigenvalue weighted by Crippen LogP contribution is 2.42. The van der Waals surface area contributed by atoms with Crippen molar-refractivity contribution in [2.45, 2.75) is 38.4 Å². The molecule has 1 saturated heterocycles. The quantitative estimate of drug-likeness (QED) is 0.812. The van der Waals surface area contributed by atoms with Crippen molar-refractivity contribution in [2.75, 3.05) is 11.9 Å². The van der Waals surface area contributed by atoms with Crippen molar-refractivity contribution >= 4 is 23.4 Å². The third-order valence-electron chi connectivity index (χ3n) is 5.18. The zero-order chi connectivity index (χ0) is 19.2. The third-order valence-corrected chi connectivity index (χ3v) is 5.18. The summed E-state index contributed by atoms with van der Waals surface area (Å²) in [6.07, 6.45) is -0.464. The lowest BCUT2D eigenvalue weighted by atomic mass is 9.81. The summed E-state index contributed by atoms with van der Waals surface area (Å²) in [4.78, 5) is 38.1. The van der Waals surface area contributed by atoms with Crippen molar-refractivity contribution in [2.24, 2.45) is 11.8 Å². The van der Waals surface area contributed by atoms with E-state index < -0.39 is 12.2 Å². The Labute approximate surface area is 153 Å². The van der Waals surface area contributed by atoms with Gasteiger partial charge in [-0.25, -0.2) is 0 Å². The zero-order valence-corrected chi connectivity index (χ0v) is 14.4. The highest BCUT2D eigenvalue weighted by molar-refractivity contribution is 6.05. The van der Waals surface area contributed by atoms with Crippen LogP contribution in [0, 0.1) is 11.8 Å². The molecule has 1 aromatic carbocycles. The number of carbonyl (C=O) groups is 3. The molecule has 2 fully saturated rings. The van der Waals surface area contributed by atoms with Crippen LogP contribution in [0.2, 0.25) is 0 Å². The largest absolute Gasteiger partial charge is 0.586 e. The van der Waals surface area contributed by atoms with E-state index in [0.29, 0.717) is 0 Å². The van der Waals surface area contributed by atoms with Crippen molar-refractivity contribution < 1.29 is 32.6 Å². The molecule has 4 rings (SSSR count). The van der Waals surface area contributed by atoms with Crippen LogP contribution in [0.25, 0.3) is 0 Å². The van der Waals surface area contributed by atoms with E-state index in [4.69, 9.17) is 0 Å². The minimum absolute atomic E-state index is 0.0130. The molecule has 3 amide bonds. The van der Waals surface area contributed by atoms with Gasteiger partial charge in [-0.15, -0.1) is 8.78 Å². The fourth-order valence-corrected chi connectivity index (χ4v) is 3.91. The van der Waals surface area contributed by atoms with E-state index in [-0.39, 0.29) is 53.8 Å². The highest BCUT2D eigenvalue weighted by Gasteiger charge is 2.48. The predicted molar refractivity (Wildman–Crippen MR) is 88.1 cm³/mol. The van der Waals surface area contributed by atoms with Gasteiger partial charge >= 0.3 is 6.29 Å². The molecule has 144 valence electrons. The first-order valence-electron chi connectivity index (χ1n) is 8.89. The number of fused-ring (bicyclic) bond motifs is 2. The number of halogens is 2. The predicted octanol–water partition coefficient (Wildman–Crippen LogP) is 2.51. The summed E-state index contributed by atoms with van der Waals surface area (Å²) in [6, 6.07) is 3.90. The first kappa shape index (κ1) is 17.7. The maximum atomic E-state index is 13.0. The number of anilines is 1. The minimum Gasteiger partial charge on any atom is -0.395 e. The Balaban J connectivity index is 1.34. The number of nitrogens with zero attached hydrogens (tertiary/aromatic N) is 1. The molecule has 2 atom stereocenters. The monoisotopic (exact) mass is 380 g/mol. The molecule has 1 N–H and O–H groups in total. The van der Waals surface area contributed by atoms with E-state index in [2.05, 4.69) is 14.8 Å². The van der Waals surface area contributed by atoms with Gasteiger partial charge in [0.1, 0.15) is 0 Å². The Bertz CT molecular complexity index is 789.